The second-order valence-electron chi connectivity index (χ2n) is 5.98. The second-order valence-corrected chi connectivity index (χ2v) is 8.16. The van der Waals surface area contributed by atoms with Gasteiger partial charge < -0.3 is 4.74 Å². The van der Waals surface area contributed by atoms with E-state index in [9.17, 15) is 13.2 Å². The van der Waals surface area contributed by atoms with E-state index in [1.54, 1.807) is 6.92 Å². The van der Waals surface area contributed by atoms with Crippen molar-refractivity contribution in [2.45, 2.75) is 63.5 Å². The fourth-order valence-corrected chi connectivity index (χ4v) is 5.18. The van der Waals surface area contributed by atoms with E-state index in [-0.39, 0.29) is 24.2 Å². The van der Waals surface area contributed by atoms with Gasteiger partial charge in [-0.05, 0) is 32.6 Å². The summed E-state index contributed by atoms with van der Waals surface area (Å²) in [5, 5.41) is 3.36. The van der Waals surface area contributed by atoms with Crippen LogP contribution in [-0.4, -0.2) is 44.1 Å². The van der Waals surface area contributed by atoms with Gasteiger partial charge in [0.2, 0.25) is 0 Å². The third kappa shape index (κ3) is 3.73. The molecule has 0 aromatic carbocycles. The van der Waals surface area contributed by atoms with Crippen molar-refractivity contribution in [2.24, 2.45) is 0 Å². The van der Waals surface area contributed by atoms with Crippen LogP contribution in [0, 0.1) is 0 Å². The van der Waals surface area contributed by atoms with Crippen molar-refractivity contribution >= 4 is 15.8 Å². The Hall–Kier alpha value is -0.620. The zero-order chi connectivity index (χ0) is 14.6. The lowest BCUT2D eigenvalue weighted by Gasteiger charge is -2.39. The van der Waals surface area contributed by atoms with E-state index in [0.717, 1.165) is 25.7 Å². The third-order valence-electron chi connectivity index (χ3n) is 4.28. The number of sulfone groups is 1. The molecule has 1 N–H and O–H groups in total. The van der Waals surface area contributed by atoms with Crippen LogP contribution in [0.1, 0.15) is 51.9 Å². The minimum absolute atomic E-state index is 0.116. The SMILES string of the molecule is CCOC(=O)C1(NC2CCCCC2)CCCS(=O)(=O)C1. The van der Waals surface area contributed by atoms with E-state index in [0.29, 0.717) is 12.8 Å². The predicted molar refractivity (Wildman–Crippen MR) is 77.3 cm³/mol. The van der Waals surface area contributed by atoms with Crippen LogP contribution >= 0.6 is 0 Å². The number of nitrogens with one attached hydrogen (secondary N) is 1. The van der Waals surface area contributed by atoms with E-state index in [2.05, 4.69) is 5.32 Å². The summed E-state index contributed by atoms with van der Waals surface area (Å²) in [5.74, 6) is -0.329. The lowest BCUT2D eigenvalue weighted by molar-refractivity contribution is -0.151. The highest BCUT2D eigenvalue weighted by molar-refractivity contribution is 7.91. The summed E-state index contributed by atoms with van der Waals surface area (Å²) in [6.07, 6.45) is 6.63. The molecule has 0 bridgehead atoms. The maximum absolute atomic E-state index is 12.3. The van der Waals surface area contributed by atoms with Gasteiger partial charge in [-0.2, -0.15) is 0 Å². The van der Waals surface area contributed by atoms with Crippen LogP contribution in [0.2, 0.25) is 0 Å². The molecule has 2 aliphatic rings. The first-order valence-electron chi connectivity index (χ1n) is 7.63. The molecule has 1 saturated heterocycles. The highest BCUT2D eigenvalue weighted by Gasteiger charge is 2.47. The summed E-state index contributed by atoms with van der Waals surface area (Å²) in [5.41, 5.74) is -1.02. The quantitative estimate of drug-likeness (QED) is 0.795. The normalized spacial score (nSPS) is 30.9. The Kier molecular flexibility index (Phi) is 5.07. The van der Waals surface area contributed by atoms with Crippen LogP contribution < -0.4 is 5.32 Å². The van der Waals surface area contributed by atoms with Crippen molar-refractivity contribution in [3.05, 3.63) is 0 Å². The Morgan fingerprint density at radius 1 is 1.25 bits per heavy atom. The van der Waals surface area contributed by atoms with Crippen molar-refractivity contribution in [2.75, 3.05) is 18.1 Å². The van der Waals surface area contributed by atoms with Crippen molar-refractivity contribution < 1.29 is 17.9 Å². The Labute approximate surface area is 121 Å². The molecular formula is C14H25NO4S. The molecule has 1 saturated carbocycles. The molecule has 1 unspecified atom stereocenters. The fraction of sp³-hybridized carbons (Fsp3) is 0.929. The molecule has 20 heavy (non-hydrogen) atoms. The molecule has 0 radical (unpaired) electrons. The number of rotatable bonds is 4. The molecule has 0 aromatic rings. The van der Waals surface area contributed by atoms with Crippen LogP contribution in [0.4, 0.5) is 0 Å². The zero-order valence-electron chi connectivity index (χ0n) is 12.2. The lowest BCUT2D eigenvalue weighted by atomic mass is 9.89. The summed E-state index contributed by atoms with van der Waals surface area (Å²) in [7, 11) is -3.17. The zero-order valence-corrected chi connectivity index (χ0v) is 13.0. The topological polar surface area (TPSA) is 72.5 Å². The largest absolute Gasteiger partial charge is 0.465 e. The molecule has 6 heteroatoms. The van der Waals surface area contributed by atoms with Gasteiger partial charge in [-0.15, -0.1) is 0 Å². The van der Waals surface area contributed by atoms with Gasteiger partial charge in [-0.3, -0.25) is 10.1 Å². The first-order valence-corrected chi connectivity index (χ1v) is 9.45. The van der Waals surface area contributed by atoms with E-state index in [1.165, 1.54) is 6.42 Å². The predicted octanol–water partition coefficient (Wildman–Crippen LogP) is 1.42. The third-order valence-corrected chi connectivity index (χ3v) is 6.12. The minimum Gasteiger partial charge on any atom is -0.465 e. The summed E-state index contributed by atoms with van der Waals surface area (Å²) in [6.45, 7) is 2.04. The molecule has 1 atom stereocenters. The summed E-state index contributed by atoms with van der Waals surface area (Å²) < 4.78 is 29.1. The number of hydrogen-bond donors (Lipinski definition) is 1. The van der Waals surface area contributed by atoms with Crippen molar-refractivity contribution in [3.63, 3.8) is 0 Å². The number of carbonyl (C=O) groups excluding carboxylic acids is 1. The van der Waals surface area contributed by atoms with E-state index in [4.69, 9.17) is 4.74 Å². The van der Waals surface area contributed by atoms with Gasteiger partial charge in [0.15, 0.2) is 9.84 Å². The Bertz CT molecular complexity index is 442. The standard InChI is InChI=1S/C14H25NO4S/c1-2-19-13(16)14(9-6-10-20(17,18)11-14)15-12-7-4-3-5-8-12/h12,15H,2-11H2,1H3. The molecule has 0 amide bonds. The van der Waals surface area contributed by atoms with Crippen molar-refractivity contribution in [3.8, 4) is 0 Å². The molecule has 116 valence electrons. The molecule has 1 aliphatic heterocycles. The van der Waals surface area contributed by atoms with Crippen LogP contribution in [0.25, 0.3) is 0 Å². The van der Waals surface area contributed by atoms with Crippen molar-refractivity contribution in [1.29, 1.82) is 0 Å². The summed E-state index contributed by atoms with van der Waals surface area (Å²) in [4.78, 5) is 12.3. The van der Waals surface area contributed by atoms with Crippen molar-refractivity contribution in [1.82, 2.24) is 5.32 Å². The van der Waals surface area contributed by atoms with Crippen LogP contribution in [0.3, 0.4) is 0 Å². The summed E-state index contributed by atoms with van der Waals surface area (Å²) in [6, 6.07) is 0.237. The number of hydrogen-bond acceptors (Lipinski definition) is 5. The smallest absolute Gasteiger partial charge is 0.327 e. The molecule has 5 nitrogen and oxygen atoms in total. The van der Waals surface area contributed by atoms with E-state index >= 15 is 0 Å². The number of esters is 1. The molecule has 0 spiro atoms. The Morgan fingerprint density at radius 2 is 1.95 bits per heavy atom. The molecular weight excluding hydrogens is 278 g/mol. The molecule has 1 aliphatic carbocycles. The second kappa shape index (κ2) is 6.43. The first kappa shape index (κ1) is 15.8. The van der Waals surface area contributed by atoms with Crippen LogP contribution in [0.5, 0.6) is 0 Å². The monoisotopic (exact) mass is 303 g/mol. The Balaban J connectivity index is 2.16. The van der Waals surface area contributed by atoms with E-state index < -0.39 is 21.3 Å². The molecule has 2 rings (SSSR count). The van der Waals surface area contributed by atoms with E-state index in [1.807, 2.05) is 0 Å². The molecule has 2 fully saturated rings. The maximum Gasteiger partial charge on any atom is 0.327 e. The van der Waals surface area contributed by atoms with Gasteiger partial charge >= 0.3 is 5.97 Å². The molecule has 1 heterocycles. The van der Waals surface area contributed by atoms with Gasteiger partial charge in [0, 0.05) is 6.04 Å². The number of ether oxygens (including phenoxy) is 1. The average Bonchev–Trinajstić information content (AvgIpc) is 2.39. The first-order chi connectivity index (χ1) is 9.47. The van der Waals surface area contributed by atoms with Gasteiger partial charge in [0.25, 0.3) is 0 Å². The van der Waals surface area contributed by atoms with Gasteiger partial charge in [0.1, 0.15) is 5.54 Å². The minimum atomic E-state index is -3.17. The average molecular weight is 303 g/mol. The fourth-order valence-electron chi connectivity index (χ4n) is 3.35. The summed E-state index contributed by atoms with van der Waals surface area (Å²) >= 11 is 0. The molecule has 0 aromatic heterocycles. The van der Waals surface area contributed by atoms with Gasteiger partial charge in [-0.25, -0.2) is 8.42 Å². The van der Waals surface area contributed by atoms with Gasteiger partial charge in [0.05, 0.1) is 18.1 Å². The van der Waals surface area contributed by atoms with Crippen LogP contribution in [-0.2, 0) is 19.4 Å². The van der Waals surface area contributed by atoms with Crippen LogP contribution in [0.15, 0.2) is 0 Å². The maximum atomic E-state index is 12.3. The van der Waals surface area contributed by atoms with Gasteiger partial charge in [-0.1, -0.05) is 19.3 Å². The Morgan fingerprint density at radius 3 is 2.55 bits per heavy atom. The highest BCUT2D eigenvalue weighted by Crippen LogP contribution is 2.28. The highest BCUT2D eigenvalue weighted by atomic mass is 32.2. The lowest BCUT2D eigenvalue weighted by Crippen LogP contribution is -2.62. The number of carbonyl (C=O) groups is 1.